The molecule has 0 aliphatic carbocycles. The Bertz CT molecular complexity index is 549. The third-order valence-corrected chi connectivity index (χ3v) is 3.62. The molecule has 2 N–H and O–H groups in total. The Hall–Kier alpha value is -2.10. The zero-order valence-corrected chi connectivity index (χ0v) is 13.0. The molecule has 0 spiro atoms. The van der Waals surface area contributed by atoms with Gasteiger partial charge in [0.05, 0.1) is 0 Å². The second kappa shape index (κ2) is 7.62. The molecule has 0 fully saturated rings. The van der Waals surface area contributed by atoms with E-state index in [1.54, 1.807) is 6.08 Å². The SMILES string of the molecule is CCC(C)C(NC(=O)/C=C/c1ccc(C)cc1C)C(=O)O. The summed E-state index contributed by atoms with van der Waals surface area (Å²) in [6, 6.07) is 5.10. The van der Waals surface area contributed by atoms with Gasteiger partial charge in [-0.15, -0.1) is 0 Å². The van der Waals surface area contributed by atoms with Gasteiger partial charge in [-0.1, -0.05) is 44.0 Å². The van der Waals surface area contributed by atoms with Crippen molar-refractivity contribution in [2.24, 2.45) is 5.92 Å². The van der Waals surface area contributed by atoms with E-state index < -0.39 is 12.0 Å². The average Bonchev–Trinajstić information content (AvgIpc) is 2.42. The molecule has 114 valence electrons. The van der Waals surface area contributed by atoms with E-state index in [0.717, 1.165) is 16.7 Å². The summed E-state index contributed by atoms with van der Waals surface area (Å²) in [5.74, 6) is -1.50. The van der Waals surface area contributed by atoms with Gasteiger partial charge in [-0.25, -0.2) is 4.79 Å². The number of nitrogens with one attached hydrogen (secondary N) is 1. The number of amides is 1. The first kappa shape index (κ1) is 17.0. The quantitative estimate of drug-likeness (QED) is 0.791. The molecule has 0 saturated carbocycles. The van der Waals surface area contributed by atoms with E-state index in [0.29, 0.717) is 6.42 Å². The maximum Gasteiger partial charge on any atom is 0.326 e. The number of rotatable bonds is 6. The highest BCUT2D eigenvalue weighted by atomic mass is 16.4. The summed E-state index contributed by atoms with van der Waals surface area (Å²) in [5, 5.41) is 11.7. The molecule has 1 aromatic rings. The molecule has 2 unspecified atom stereocenters. The Morgan fingerprint density at radius 1 is 1.33 bits per heavy atom. The largest absolute Gasteiger partial charge is 0.480 e. The van der Waals surface area contributed by atoms with Gasteiger partial charge in [0.2, 0.25) is 5.91 Å². The van der Waals surface area contributed by atoms with E-state index in [2.05, 4.69) is 5.32 Å². The molecule has 0 aliphatic heterocycles. The molecule has 1 amide bonds. The van der Waals surface area contributed by atoms with Gasteiger partial charge in [0.15, 0.2) is 0 Å². The van der Waals surface area contributed by atoms with Crippen LogP contribution < -0.4 is 5.32 Å². The topological polar surface area (TPSA) is 66.4 Å². The van der Waals surface area contributed by atoms with Gasteiger partial charge in [0, 0.05) is 6.08 Å². The normalized spacial score (nSPS) is 13.9. The molecule has 2 atom stereocenters. The average molecular weight is 289 g/mol. The summed E-state index contributed by atoms with van der Waals surface area (Å²) < 4.78 is 0. The molecule has 1 aromatic carbocycles. The zero-order valence-electron chi connectivity index (χ0n) is 13.0. The van der Waals surface area contributed by atoms with Crippen LogP contribution in [0.2, 0.25) is 0 Å². The molecule has 1 rings (SSSR count). The van der Waals surface area contributed by atoms with E-state index in [-0.39, 0.29) is 11.8 Å². The monoisotopic (exact) mass is 289 g/mol. The van der Waals surface area contributed by atoms with Crippen LogP contribution in [0.25, 0.3) is 6.08 Å². The van der Waals surface area contributed by atoms with E-state index in [1.807, 2.05) is 45.9 Å². The highest BCUT2D eigenvalue weighted by Gasteiger charge is 2.24. The number of hydrogen-bond donors (Lipinski definition) is 2. The number of benzene rings is 1. The minimum Gasteiger partial charge on any atom is -0.480 e. The molecular weight excluding hydrogens is 266 g/mol. The Morgan fingerprint density at radius 2 is 2.00 bits per heavy atom. The molecule has 0 bridgehead atoms. The van der Waals surface area contributed by atoms with Crippen molar-refractivity contribution >= 4 is 18.0 Å². The maximum atomic E-state index is 11.9. The number of carboxylic acid groups (broad SMARTS) is 1. The van der Waals surface area contributed by atoms with Crippen LogP contribution in [-0.2, 0) is 9.59 Å². The van der Waals surface area contributed by atoms with Crippen LogP contribution in [0.4, 0.5) is 0 Å². The van der Waals surface area contributed by atoms with E-state index in [1.165, 1.54) is 6.08 Å². The summed E-state index contributed by atoms with van der Waals surface area (Å²) in [4.78, 5) is 23.0. The van der Waals surface area contributed by atoms with Crippen molar-refractivity contribution in [2.45, 2.75) is 40.2 Å². The standard InChI is InChI=1S/C17H23NO3/c1-5-12(3)16(17(20)21)18-15(19)9-8-14-7-6-11(2)10-13(14)4/h6-10,12,16H,5H2,1-4H3,(H,18,19)(H,20,21)/b9-8+. The Labute approximate surface area is 125 Å². The van der Waals surface area contributed by atoms with Crippen molar-refractivity contribution < 1.29 is 14.7 Å². The Balaban J connectivity index is 2.76. The van der Waals surface area contributed by atoms with Gasteiger partial charge in [0.25, 0.3) is 0 Å². The number of hydrogen-bond acceptors (Lipinski definition) is 2. The van der Waals surface area contributed by atoms with E-state index in [4.69, 9.17) is 5.11 Å². The Kier molecular flexibility index (Phi) is 6.15. The van der Waals surface area contributed by atoms with Crippen molar-refractivity contribution in [1.82, 2.24) is 5.32 Å². The smallest absolute Gasteiger partial charge is 0.326 e. The summed E-state index contributed by atoms with van der Waals surface area (Å²) >= 11 is 0. The fraction of sp³-hybridized carbons (Fsp3) is 0.412. The number of carbonyl (C=O) groups excluding carboxylic acids is 1. The summed E-state index contributed by atoms with van der Waals surface area (Å²) in [5.41, 5.74) is 3.19. The van der Waals surface area contributed by atoms with Gasteiger partial charge >= 0.3 is 5.97 Å². The predicted molar refractivity (Wildman–Crippen MR) is 84.0 cm³/mol. The van der Waals surface area contributed by atoms with Crippen LogP contribution in [0.3, 0.4) is 0 Å². The first-order valence-electron chi connectivity index (χ1n) is 7.13. The lowest BCUT2D eigenvalue weighted by atomic mass is 9.99. The lowest BCUT2D eigenvalue weighted by Crippen LogP contribution is -2.44. The summed E-state index contributed by atoms with van der Waals surface area (Å²) in [6.07, 6.45) is 3.79. The fourth-order valence-electron chi connectivity index (χ4n) is 2.06. The third kappa shape index (κ3) is 5.06. The third-order valence-electron chi connectivity index (χ3n) is 3.62. The van der Waals surface area contributed by atoms with Crippen molar-refractivity contribution in [2.75, 3.05) is 0 Å². The molecule has 4 heteroatoms. The van der Waals surface area contributed by atoms with Crippen LogP contribution in [0.1, 0.15) is 37.0 Å². The minimum atomic E-state index is -1.00. The highest BCUT2D eigenvalue weighted by molar-refractivity contribution is 5.94. The summed E-state index contributed by atoms with van der Waals surface area (Å²) in [6.45, 7) is 7.70. The minimum absolute atomic E-state index is 0.110. The van der Waals surface area contributed by atoms with Gasteiger partial charge in [-0.2, -0.15) is 0 Å². The molecular formula is C17H23NO3. The molecule has 0 saturated heterocycles. The molecule has 4 nitrogen and oxygen atoms in total. The van der Waals surface area contributed by atoms with Crippen LogP contribution in [0.15, 0.2) is 24.3 Å². The van der Waals surface area contributed by atoms with Crippen LogP contribution in [0, 0.1) is 19.8 Å². The molecule has 0 heterocycles. The van der Waals surface area contributed by atoms with E-state index in [9.17, 15) is 9.59 Å². The van der Waals surface area contributed by atoms with Crippen LogP contribution in [-0.4, -0.2) is 23.0 Å². The predicted octanol–water partition coefficient (Wildman–Crippen LogP) is 2.93. The van der Waals surface area contributed by atoms with Gasteiger partial charge < -0.3 is 10.4 Å². The Morgan fingerprint density at radius 3 is 2.52 bits per heavy atom. The van der Waals surface area contributed by atoms with Crippen LogP contribution >= 0.6 is 0 Å². The number of aliphatic carboxylic acids is 1. The van der Waals surface area contributed by atoms with E-state index >= 15 is 0 Å². The number of aryl methyl sites for hydroxylation is 2. The lowest BCUT2D eigenvalue weighted by Gasteiger charge is -2.19. The van der Waals surface area contributed by atoms with Crippen molar-refractivity contribution in [1.29, 1.82) is 0 Å². The molecule has 21 heavy (non-hydrogen) atoms. The fourth-order valence-corrected chi connectivity index (χ4v) is 2.06. The van der Waals surface area contributed by atoms with Gasteiger partial charge in [-0.05, 0) is 37.0 Å². The second-order valence-corrected chi connectivity index (χ2v) is 5.40. The maximum absolute atomic E-state index is 11.9. The second-order valence-electron chi connectivity index (χ2n) is 5.40. The molecule has 0 aliphatic rings. The van der Waals surface area contributed by atoms with Crippen molar-refractivity contribution in [3.8, 4) is 0 Å². The summed E-state index contributed by atoms with van der Waals surface area (Å²) in [7, 11) is 0. The van der Waals surface area contributed by atoms with Gasteiger partial charge in [-0.3, -0.25) is 4.79 Å². The number of carbonyl (C=O) groups is 2. The molecule has 0 radical (unpaired) electrons. The first-order chi connectivity index (χ1) is 9.85. The van der Waals surface area contributed by atoms with Gasteiger partial charge in [0.1, 0.15) is 6.04 Å². The zero-order chi connectivity index (χ0) is 16.0. The number of carboxylic acids is 1. The van der Waals surface area contributed by atoms with Crippen LogP contribution in [0.5, 0.6) is 0 Å². The van der Waals surface area contributed by atoms with Crippen molar-refractivity contribution in [3.63, 3.8) is 0 Å². The lowest BCUT2D eigenvalue weighted by molar-refractivity contribution is -0.142. The first-order valence-corrected chi connectivity index (χ1v) is 7.13. The highest BCUT2D eigenvalue weighted by Crippen LogP contribution is 2.12. The van der Waals surface area contributed by atoms with Crippen molar-refractivity contribution in [3.05, 3.63) is 41.0 Å². The molecule has 0 aromatic heterocycles.